The number of amides is 1. The molecular formula is C22H30N2O2. The third-order valence-electron chi connectivity index (χ3n) is 5.74. The first kappa shape index (κ1) is 18.7. The topological polar surface area (TPSA) is 53.2 Å². The molecule has 0 spiro atoms. The van der Waals surface area contributed by atoms with Crippen LogP contribution in [0.25, 0.3) is 10.9 Å². The Labute approximate surface area is 156 Å². The zero-order valence-electron chi connectivity index (χ0n) is 16.0. The molecule has 140 valence electrons. The zero-order valence-corrected chi connectivity index (χ0v) is 16.0. The second-order valence-corrected chi connectivity index (χ2v) is 7.63. The first-order valence-corrected chi connectivity index (χ1v) is 9.94. The van der Waals surface area contributed by atoms with Crippen LogP contribution in [0.4, 0.5) is 0 Å². The van der Waals surface area contributed by atoms with Gasteiger partial charge >= 0.3 is 0 Å². The van der Waals surface area contributed by atoms with Gasteiger partial charge in [-0.2, -0.15) is 0 Å². The molecule has 1 N–H and O–H groups in total. The van der Waals surface area contributed by atoms with E-state index in [1.54, 1.807) is 11.8 Å². The number of carbonyl (C=O) groups is 2. The van der Waals surface area contributed by atoms with Crippen LogP contribution in [0.2, 0.25) is 0 Å². The number of nitrogens with one attached hydrogen (secondary N) is 1. The van der Waals surface area contributed by atoms with Crippen LogP contribution in [-0.2, 0) is 9.59 Å². The molecule has 4 nitrogen and oxygen atoms in total. The molecule has 1 unspecified atom stereocenters. The molecule has 0 aliphatic carbocycles. The minimum Gasteiger partial charge on any atom is -0.361 e. The minimum atomic E-state index is -0.155. The summed E-state index contributed by atoms with van der Waals surface area (Å²) in [4.78, 5) is 29.1. The molecule has 1 aliphatic rings. The number of hydrogen-bond donors (Lipinski definition) is 1. The lowest BCUT2D eigenvalue weighted by Crippen LogP contribution is -2.39. The van der Waals surface area contributed by atoms with E-state index in [4.69, 9.17) is 0 Å². The number of H-pyrrole nitrogens is 1. The number of carbonyl (C=O) groups excluding carboxylic acids is 2. The van der Waals surface area contributed by atoms with E-state index >= 15 is 0 Å². The molecule has 1 aromatic heterocycles. The lowest BCUT2D eigenvalue weighted by atomic mass is 9.94. The lowest BCUT2D eigenvalue weighted by molar-refractivity contribution is -0.136. The number of fused-ring (bicyclic) bond motifs is 1. The van der Waals surface area contributed by atoms with Crippen LogP contribution in [0.15, 0.2) is 30.5 Å². The van der Waals surface area contributed by atoms with Crippen LogP contribution in [0.3, 0.4) is 0 Å². The monoisotopic (exact) mass is 354 g/mol. The molecule has 0 saturated carbocycles. The summed E-state index contributed by atoms with van der Waals surface area (Å²) in [6.07, 6.45) is 8.82. The molecule has 2 atom stereocenters. The fourth-order valence-corrected chi connectivity index (χ4v) is 4.23. The van der Waals surface area contributed by atoms with Crippen LogP contribution in [0.1, 0.15) is 70.3 Å². The van der Waals surface area contributed by atoms with E-state index in [9.17, 15) is 9.59 Å². The molecule has 2 heterocycles. The van der Waals surface area contributed by atoms with Crippen molar-refractivity contribution in [3.63, 3.8) is 0 Å². The number of likely N-dealkylation sites (tertiary alicyclic amines) is 1. The lowest BCUT2D eigenvalue weighted by Gasteiger charge is -2.22. The summed E-state index contributed by atoms with van der Waals surface area (Å²) in [6.45, 7) is 4.59. The summed E-state index contributed by atoms with van der Waals surface area (Å²) < 4.78 is 0. The maximum atomic E-state index is 12.4. The number of hydrogen-bond acceptors (Lipinski definition) is 2. The van der Waals surface area contributed by atoms with Crippen molar-refractivity contribution in [2.45, 2.75) is 70.8 Å². The van der Waals surface area contributed by atoms with Crippen molar-refractivity contribution in [3.8, 4) is 0 Å². The van der Waals surface area contributed by atoms with Crippen molar-refractivity contribution < 1.29 is 9.59 Å². The summed E-state index contributed by atoms with van der Waals surface area (Å²) in [5, 5.41) is 1.32. The maximum Gasteiger partial charge on any atom is 0.220 e. The molecule has 1 saturated heterocycles. The quantitative estimate of drug-likeness (QED) is 0.692. The Balaban J connectivity index is 1.40. The Bertz CT molecular complexity index is 764. The smallest absolute Gasteiger partial charge is 0.220 e. The number of Topliss-reactive ketones (excluding diaryl/α,β-unsaturated/α-hetero) is 1. The zero-order chi connectivity index (χ0) is 18.5. The molecule has 26 heavy (non-hydrogen) atoms. The summed E-state index contributed by atoms with van der Waals surface area (Å²) in [5.41, 5.74) is 2.59. The maximum absolute atomic E-state index is 12.4. The Kier molecular flexibility index (Phi) is 6.12. The van der Waals surface area contributed by atoms with E-state index in [2.05, 4.69) is 42.4 Å². The van der Waals surface area contributed by atoms with Gasteiger partial charge in [0.2, 0.25) is 5.91 Å². The molecule has 2 aromatic rings. The molecule has 1 amide bonds. The molecule has 4 heteroatoms. The first-order chi connectivity index (χ1) is 12.6. The highest BCUT2D eigenvalue weighted by Gasteiger charge is 2.31. The van der Waals surface area contributed by atoms with Gasteiger partial charge in [0.15, 0.2) is 5.78 Å². The van der Waals surface area contributed by atoms with Gasteiger partial charge in [-0.05, 0) is 43.2 Å². The van der Waals surface area contributed by atoms with E-state index in [0.29, 0.717) is 12.3 Å². The first-order valence-electron chi connectivity index (χ1n) is 9.94. The van der Waals surface area contributed by atoms with E-state index in [0.717, 1.165) is 45.1 Å². The molecule has 0 bridgehead atoms. The van der Waals surface area contributed by atoms with E-state index in [1.807, 2.05) is 0 Å². The van der Waals surface area contributed by atoms with Gasteiger partial charge in [0.25, 0.3) is 0 Å². The number of benzene rings is 1. The predicted octanol–water partition coefficient (Wildman–Crippen LogP) is 4.80. The molecule has 1 aliphatic heterocycles. The largest absolute Gasteiger partial charge is 0.361 e. The number of unbranched alkanes of at least 4 members (excludes halogenated alkanes) is 2. The normalized spacial score (nSPS) is 18.4. The summed E-state index contributed by atoms with van der Waals surface area (Å²) in [7, 11) is 0. The molecule has 1 fully saturated rings. The van der Waals surface area contributed by atoms with Crippen molar-refractivity contribution in [1.82, 2.24) is 9.88 Å². The Morgan fingerprint density at radius 3 is 2.85 bits per heavy atom. The minimum absolute atomic E-state index is 0.0356. The van der Waals surface area contributed by atoms with Crippen LogP contribution >= 0.6 is 0 Å². The molecule has 0 radical (unpaired) electrons. The van der Waals surface area contributed by atoms with Crippen LogP contribution < -0.4 is 0 Å². The van der Waals surface area contributed by atoms with Crippen LogP contribution in [-0.4, -0.2) is 34.2 Å². The Morgan fingerprint density at radius 2 is 2.04 bits per heavy atom. The summed E-state index contributed by atoms with van der Waals surface area (Å²) in [6, 6.07) is 8.29. The average molecular weight is 354 g/mol. The number of aromatic nitrogens is 1. The summed E-state index contributed by atoms with van der Waals surface area (Å²) in [5.74, 6) is 0.806. The number of aromatic amines is 1. The summed E-state index contributed by atoms with van der Waals surface area (Å²) >= 11 is 0. The van der Waals surface area contributed by atoms with E-state index in [-0.39, 0.29) is 17.7 Å². The average Bonchev–Trinajstić information content (AvgIpc) is 3.28. The van der Waals surface area contributed by atoms with Gasteiger partial charge in [0.05, 0.1) is 6.04 Å². The second-order valence-electron chi connectivity index (χ2n) is 7.63. The second kappa shape index (κ2) is 8.52. The number of nitrogens with zero attached hydrogens (tertiary/aromatic N) is 1. The number of ketones is 1. The number of rotatable bonds is 8. The van der Waals surface area contributed by atoms with Gasteiger partial charge in [0, 0.05) is 37.0 Å². The van der Waals surface area contributed by atoms with Crippen molar-refractivity contribution in [3.05, 3.63) is 36.0 Å². The third-order valence-corrected chi connectivity index (χ3v) is 5.74. The highest BCUT2D eigenvalue weighted by molar-refractivity contribution is 5.89. The van der Waals surface area contributed by atoms with E-state index < -0.39 is 0 Å². The fourth-order valence-electron chi connectivity index (χ4n) is 4.23. The van der Waals surface area contributed by atoms with Gasteiger partial charge in [0.1, 0.15) is 0 Å². The molecule has 3 rings (SSSR count). The van der Waals surface area contributed by atoms with Crippen molar-refractivity contribution in [2.24, 2.45) is 0 Å². The van der Waals surface area contributed by atoms with Crippen molar-refractivity contribution >= 4 is 22.6 Å². The third kappa shape index (κ3) is 4.17. The van der Waals surface area contributed by atoms with Gasteiger partial charge in [-0.3, -0.25) is 9.59 Å². The van der Waals surface area contributed by atoms with Gasteiger partial charge in [-0.1, -0.05) is 38.0 Å². The molecule has 1 aromatic carbocycles. The van der Waals surface area contributed by atoms with Crippen LogP contribution in [0.5, 0.6) is 0 Å². The highest BCUT2D eigenvalue weighted by atomic mass is 16.2. The van der Waals surface area contributed by atoms with E-state index in [1.165, 1.54) is 16.5 Å². The van der Waals surface area contributed by atoms with Crippen molar-refractivity contribution in [2.75, 3.05) is 6.54 Å². The van der Waals surface area contributed by atoms with Gasteiger partial charge < -0.3 is 9.88 Å². The fraction of sp³-hybridized carbons (Fsp3) is 0.545. The Hall–Kier alpha value is -2.10. The van der Waals surface area contributed by atoms with Crippen molar-refractivity contribution in [1.29, 1.82) is 0 Å². The van der Waals surface area contributed by atoms with Crippen LogP contribution in [0, 0.1) is 0 Å². The Morgan fingerprint density at radius 1 is 1.23 bits per heavy atom. The SMILES string of the molecule is CC(=O)N1CCC[C@H]1C(=O)CCCCCC(C)c1c[nH]c2ccccc12. The van der Waals surface area contributed by atoms with Gasteiger partial charge in [-0.15, -0.1) is 0 Å². The molecular weight excluding hydrogens is 324 g/mol. The predicted molar refractivity (Wildman–Crippen MR) is 105 cm³/mol. The highest BCUT2D eigenvalue weighted by Crippen LogP contribution is 2.29. The van der Waals surface area contributed by atoms with Gasteiger partial charge in [-0.25, -0.2) is 0 Å². The number of para-hydroxylation sites is 1. The standard InChI is InChI=1S/C22H30N2O2/c1-16(19-15-23-20-11-7-6-10-18(19)20)9-4-3-5-13-22(26)21-12-8-14-24(21)17(2)25/h6-7,10-11,15-16,21,23H,3-5,8-9,12-14H2,1-2H3/t16?,21-/m0/s1.